The Morgan fingerprint density at radius 2 is 2.00 bits per heavy atom. The van der Waals surface area contributed by atoms with Crippen LogP contribution in [-0.4, -0.2) is 34.9 Å². The lowest BCUT2D eigenvalue weighted by atomic mass is 9.79. The Labute approximate surface area is 108 Å². The van der Waals surface area contributed by atoms with Gasteiger partial charge in [0.1, 0.15) is 0 Å². The van der Waals surface area contributed by atoms with Gasteiger partial charge in [0.2, 0.25) is 0 Å². The minimum absolute atomic E-state index is 0.0203. The van der Waals surface area contributed by atoms with Gasteiger partial charge in [0, 0.05) is 6.61 Å². The molecule has 2 nitrogen and oxygen atoms in total. The van der Waals surface area contributed by atoms with Crippen LogP contribution in [0, 0.1) is 11.8 Å². The number of ether oxygens (including phenoxy) is 1. The molecule has 1 saturated carbocycles. The molecule has 1 spiro atoms. The summed E-state index contributed by atoms with van der Waals surface area (Å²) >= 11 is 2.06. The van der Waals surface area contributed by atoms with E-state index in [1.54, 1.807) is 0 Å². The predicted octanol–water partition coefficient (Wildman–Crippen LogP) is 2.84. The average molecular weight is 256 g/mol. The number of aliphatic hydroxyl groups excluding tert-OH is 1. The van der Waals surface area contributed by atoms with Crippen molar-refractivity contribution in [3.05, 3.63) is 0 Å². The van der Waals surface area contributed by atoms with Crippen molar-refractivity contribution in [2.24, 2.45) is 11.8 Å². The highest BCUT2D eigenvalue weighted by Gasteiger charge is 2.40. The third kappa shape index (κ3) is 2.99. The summed E-state index contributed by atoms with van der Waals surface area (Å²) in [5, 5.41) is 10.1. The third-order valence-corrected chi connectivity index (χ3v) is 5.73. The zero-order valence-electron chi connectivity index (χ0n) is 10.6. The molecular formula is C14H24O2S. The average Bonchev–Trinajstić information content (AvgIpc) is 3.14. The van der Waals surface area contributed by atoms with Crippen LogP contribution in [0.15, 0.2) is 0 Å². The second kappa shape index (κ2) is 5.10. The molecule has 0 aromatic heterocycles. The van der Waals surface area contributed by atoms with Gasteiger partial charge in [-0.2, -0.15) is 11.8 Å². The molecule has 3 rings (SSSR count). The minimum atomic E-state index is -0.0203. The Kier molecular flexibility index (Phi) is 3.69. The number of hydrogen-bond acceptors (Lipinski definition) is 3. The van der Waals surface area contributed by atoms with Crippen molar-refractivity contribution in [1.82, 2.24) is 0 Å². The third-order valence-electron chi connectivity index (χ3n) is 4.74. The van der Waals surface area contributed by atoms with Crippen LogP contribution in [0.4, 0.5) is 0 Å². The summed E-state index contributed by atoms with van der Waals surface area (Å²) in [6.07, 6.45) is 8.35. The van der Waals surface area contributed by atoms with Crippen LogP contribution >= 0.6 is 11.8 Å². The highest BCUT2D eigenvalue weighted by Crippen LogP contribution is 2.43. The predicted molar refractivity (Wildman–Crippen MR) is 71.3 cm³/mol. The van der Waals surface area contributed by atoms with Gasteiger partial charge in [0.15, 0.2) is 0 Å². The van der Waals surface area contributed by atoms with E-state index < -0.39 is 0 Å². The molecule has 0 radical (unpaired) electrons. The number of aliphatic hydroxyl groups is 1. The standard InChI is InChI=1S/C14H24O2S/c15-13(12-1-2-12)9-11-3-6-16-14(10-11)4-7-17-8-5-14/h11-13,15H,1-10H2. The van der Waals surface area contributed by atoms with Gasteiger partial charge < -0.3 is 9.84 Å². The highest BCUT2D eigenvalue weighted by atomic mass is 32.2. The van der Waals surface area contributed by atoms with Gasteiger partial charge in [-0.1, -0.05) is 0 Å². The summed E-state index contributed by atoms with van der Waals surface area (Å²) < 4.78 is 6.10. The van der Waals surface area contributed by atoms with Crippen molar-refractivity contribution < 1.29 is 9.84 Å². The van der Waals surface area contributed by atoms with Crippen LogP contribution in [-0.2, 0) is 4.74 Å². The molecular weight excluding hydrogens is 232 g/mol. The Morgan fingerprint density at radius 3 is 2.71 bits per heavy atom. The molecule has 2 heterocycles. The highest BCUT2D eigenvalue weighted by molar-refractivity contribution is 7.99. The number of hydrogen-bond donors (Lipinski definition) is 1. The van der Waals surface area contributed by atoms with Gasteiger partial charge in [-0.25, -0.2) is 0 Å². The fourth-order valence-corrected chi connectivity index (χ4v) is 4.67. The van der Waals surface area contributed by atoms with Crippen LogP contribution in [0.1, 0.15) is 44.9 Å². The molecule has 3 heteroatoms. The molecule has 3 fully saturated rings. The van der Waals surface area contributed by atoms with Crippen LogP contribution in [0.2, 0.25) is 0 Å². The summed E-state index contributed by atoms with van der Waals surface area (Å²) in [6, 6.07) is 0. The molecule has 2 atom stereocenters. The first-order chi connectivity index (χ1) is 8.27. The van der Waals surface area contributed by atoms with E-state index in [4.69, 9.17) is 4.74 Å². The first-order valence-electron chi connectivity index (χ1n) is 7.17. The molecule has 1 N–H and O–H groups in total. The smallest absolute Gasteiger partial charge is 0.0701 e. The molecule has 3 aliphatic rings. The molecule has 17 heavy (non-hydrogen) atoms. The fourth-order valence-electron chi connectivity index (χ4n) is 3.44. The van der Waals surface area contributed by atoms with E-state index in [2.05, 4.69) is 11.8 Å². The lowest BCUT2D eigenvalue weighted by Gasteiger charge is -2.43. The van der Waals surface area contributed by atoms with Crippen molar-refractivity contribution in [3.8, 4) is 0 Å². The second-order valence-corrected chi connectivity index (χ2v) is 7.37. The van der Waals surface area contributed by atoms with E-state index in [0.29, 0.717) is 11.8 Å². The summed E-state index contributed by atoms with van der Waals surface area (Å²) in [6.45, 7) is 0.923. The van der Waals surface area contributed by atoms with Gasteiger partial charge in [0.05, 0.1) is 11.7 Å². The van der Waals surface area contributed by atoms with E-state index in [9.17, 15) is 5.11 Å². The molecule has 2 saturated heterocycles. The SMILES string of the molecule is OC(CC1CCOC2(CCSCC2)C1)C1CC1. The summed E-state index contributed by atoms with van der Waals surface area (Å²) in [5.74, 6) is 3.87. The largest absolute Gasteiger partial charge is 0.393 e. The van der Waals surface area contributed by atoms with Gasteiger partial charge in [-0.15, -0.1) is 0 Å². The quantitative estimate of drug-likeness (QED) is 0.842. The molecule has 2 aliphatic heterocycles. The Morgan fingerprint density at radius 1 is 1.24 bits per heavy atom. The maximum atomic E-state index is 10.1. The molecule has 0 aromatic rings. The molecule has 2 unspecified atom stereocenters. The minimum Gasteiger partial charge on any atom is -0.393 e. The van der Waals surface area contributed by atoms with Crippen molar-refractivity contribution in [2.45, 2.75) is 56.7 Å². The fraction of sp³-hybridized carbons (Fsp3) is 1.00. The normalized spacial score (nSPS) is 34.8. The molecule has 0 bridgehead atoms. The first kappa shape index (κ1) is 12.3. The number of thioether (sulfide) groups is 1. The van der Waals surface area contributed by atoms with Crippen LogP contribution in [0.5, 0.6) is 0 Å². The second-order valence-electron chi connectivity index (χ2n) is 6.14. The van der Waals surface area contributed by atoms with Crippen molar-refractivity contribution in [3.63, 3.8) is 0 Å². The van der Waals surface area contributed by atoms with Crippen LogP contribution in [0.25, 0.3) is 0 Å². The van der Waals surface area contributed by atoms with Gasteiger partial charge in [-0.3, -0.25) is 0 Å². The molecule has 0 aromatic carbocycles. The number of rotatable bonds is 3. The van der Waals surface area contributed by atoms with Crippen molar-refractivity contribution in [2.75, 3.05) is 18.1 Å². The Bertz CT molecular complexity index is 253. The summed E-state index contributed by atoms with van der Waals surface area (Å²) in [7, 11) is 0. The lowest BCUT2D eigenvalue weighted by molar-refractivity contribution is -0.107. The van der Waals surface area contributed by atoms with E-state index in [1.165, 1.54) is 50.0 Å². The zero-order chi connectivity index (χ0) is 11.7. The maximum Gasteiger partial charge on any atom is 0.0701 e. The van der Waals surface area contributed by atoms with E-state index >= 15 is 0 Å². The first-order valence-corrected chi connectivity index (χ1v) is 8.33. The molecule has 98 valence electrons. The van der Waals surface area contributed by atoms with Crippen LogP contribution < -0.4 is 0 Å². The molecule has 0 amide bonds. The van der Waals surface area contributed by atoms with E-state index in [1.807, 2.05) is 0 Å². The van der Waals surface area contributed by atoms with Crippen molar-refractivity contribution in [1.29, 1.82) is 0 Å². The topological polar surface area (TPSA) is 29.5 Å². The zero-order valence-corrected chi connectivity index (χ0v) is 11.4. The Balaban J connectivity index is 1.54. The van der Waals surface area contributed by atoms with E-state index in [-0.39, 0.29) is 11.7 Å². The lowest BCUT2D eigenvalue weighted by Crippen LogP contribution is -2.43. The Hall–Kier alpha value is 0.270. The molecule has 1 aliphatic carbocycles. The summed E-state index contributed by atoms with van der Waals surface area (Å²) in [5.41, 5.74) is 0.192. The van der Waals surface area contributed by atoms with Crippen molar-refractivity contribution >= 4 is 11.8 Å². The van der Waals surface area contributed by atoms with Gasteiger partial charge >= 0.3 is 0 Å². The summed E-state index contributed by atoms with van der Waals surface area (Å²) in [4.78, 5) is 0. The van der Waals surface area contributed by atoms with Crippen LogP contribution in [0.3, 0.4) is 0 Å². The maximum absolute atomic E-state index is 10.1. The monoisotopic (exact) mass is 256 g/mol. The van der Waals surface area contributed by atoms with Gasteiger partial charge in [0.25, 0.3) is 0 Å². The van der Waals surface area contributed by atoms with Gasteiger partial charge in [-0.05, 0) is 68.3 Å². The van der Waals surface area contributed by atoms with E-state index in [0.717, 1.165) is 13.0 Å².